The highest BCUT2D eigenvalue weighted by Crippen LogP contribution is 2.21. The number of para-hydroxylation sites is 1. The monoisotopic (exact) mass is 382 g/mol. The van der Waals surface area contributed by atoms with Gasteiger partial charge in [-0.3, -0.25) is 14.3 Å². The van der Waals surface area contributed by atoms with Crippen molar-refractivity contribution in [1.29, 1.82) is 0 Å². The first-order chi connectivity index (χ1) is 13.4. The van der Waals surface area contributed by atoms with Crippen LogP contribution in [0.2, 0.25) is 0 Å². The Balaban J connectivity index is 1.72. The quantitative estimate of drug-likeness (QED) is 0.703. The van der Waals surface area contributed by atoms with Crippen molar-refractivity contribution >= 4 is 17.5 Å². The molecule has 0 spiro atoms. The van der Waals surface area contributed by atoms with Crippen LogP contribution in [0.3, 0.4) is 0 Å². The Morgan fingerprint density at radius 1 is 1.14 bits per heavy atom. The lowest BCUT2D eigenvalue weighted by atomic mass is 10.2. The van der Waals surface area contributed by atoms with Crippen LogP contribution >= 0.6 is 0 Å². The predicted octanol–water partition coefficient (Wildman–Crippen LogP) is 1.92. The number of hydrogen-bond donors (Lipinski definition) is 1. The van der Waals surface area contributed by atoms with Gasteiger partial charge in [0, 0.05) is 27.3 Å². The van der Waals surface area contributed by atoms with Crippen LogP contribution in [0.5, 0.6) is 5.75 Å². The summed E-state index contributed by atoms with van der Waals surface area (Å²) >= 11 is 0. The molecule has 2 amide bonds. The fourth-order valence-corrected chi connectivity index (χ4v) is 2.51. The Hall–Kier alpha value is -3.62. The maximum absolute atomic E-state index is 12.6. The summed E-state index contributed by atoms with van der Waals surface area (Å²) in [6.45, 7) is 1.95. The SMILES string of the molecule is Cc1c(NC(=O)c2ccn(COc3ccccc3)n2)c(C(=O)N(C)C)nn1C. The van der Waals surface area contributed by atoms with Crippen molar-refractivity contribution in [3.05, 3.63) is 59.7 Å². The van der Waals surface area contributed by atoms with Crippen LogP contribution in [0.1, 0.15) is 26.7 Å². The Labute approximate surface area is 162 Å². The summed E-state index contributed by atoms with van der Waals surface area (Å²) in [6.07, 6.45) is 1.65. The van der Waals surface area contributed by atoms with Crippen LogP contribution < -0.4 is 10.1 Å². The number of hydrogen-bond acceptors (Lipinski definition) is 5. The van der Waals surface area contributed by atoms with Crippen LogP contribution in [0.4, 0.5) is 5.69 Å². The first-order valence-electron chi connectivity index (χ1n) is 8.64. The van der Waals surface area contributed by atoms with Gasteiger partial charge in [0.25, 0.3) is 11.8 Å². The Morgan fingerprint density at radius 2 is 1.86 bits per heavy atom. The number of ether oxygens (including phenoxy) is 1. The Kier molecular flexibility index (Phi) is 5.44. The fraction of sp³-hybridized carbons (Fsp3) is 0.263. The molecule has 3 rings (SSSR count). The third-order valence-corrected chi connectivity index (χ3v) is 4.16. The van der Waals surface area contributed by atoms with E-state index in [4.69, 9.17) is 4.74 Å². The summed E-state index contributed by atoms with van der Waals surface area (Å²) in [4.78, 5) is 26.4. The summed E-state index contributed by atoms with van der Waals surface area (Å²) in [5, 5.41) is 11.2. The fourth-order valence-electron chi connectivity index (χ4n) is 2.51. The lowest BCUT2D eigenvalue weighted by Gasteiger charge is -2.10. The zero-order valence-electron chi connectivity index (χ0n) is 16.2. The molecule has 2 aromatic heterocycles. The van der Waals surface area contributed by atoms with Crippen LogP contribution in [0.15, 0.2) is 42.6 Å². The van der Waals surface area contributed by atoms with Crippen molar-refractivity contribution in [1.82, 2.24) is 24.5 Å². The van der Waals surface area contributed by atoms with Gasteiger partial charge in [-0.05, 0) is 25.1 Å². The third kappa shape index (κ3) is 4.03. The number of carbonyl (C=O) groups is 2. The maximum Gasteiger partial charge on any atom is 0.276 e. The number of nitrogens with one attached hydrogen (secondary N) is 1. The number of benzene rings is 1. The molecule has 0 bridgehead atoms. The van der Waals surface area contributed by atoms with Gasteiger partial charge in [-0.2, -0.15) is 10.2 Å². The average Bonchev–Trinajstić information content (AvgIpc) is 3.27. The van der Waals surface area contributed by atoms with Crippen molar-refractivity contribution in [2.75, 3.05) is 19.4 Å². The van der Waals surface area contributed by atoms with E-state index in [1.165, 1.54) is 9.58 Å². The molecule has 28 heavy (non-hydrogen) atoms. The summed E-state index contributed by atoms with van der Waals surface area (Å²) in [7, 11) is 4.98. The maximum atomic E-state index is 12.6. The minimum Gasteiger partial charge on any atom is -0.471 e. The topological polar surface area (TPSA) is 94.3 Å². The van der Waals surface area contributed by atoms with Gasteiger partial charge in [0.15, 0.2) is 18.1 Å². The molecule has 1 N–H and O–H groups in total. The predicted molar refractivity (Wildman–Crippen MR) is 103 cm³/mol. The normalized spacial score (nSPS) is 10.6. The molecule has 0 saturated carbocycles. The molecular formula is C19H22N6O3. The van der Waals surface area contributed by atoms with E-state index in [0.717, 1.165) is 0 Å². The van der Waals surface area contributed by atoms with Crippen LogP contribution in [-0.4, -0.2) is 50.4 Å². The molecule has 0 aliphatic heterocycles. The van der Waals surface area contributed by atoms with E-state index >= 15 is 0 Å². The molecule has 1 aromatic carbocycles. The summed E-state index contributed by atoms with van der Waals surface area (Å²) < 4.78 is 8.68. The Morgan fingerprint density at radius 3 is 2.54 bits per heavy atom. The second kappa shape index (κ2) is 7.95. The van der Waals surface area contributed by atoms with E-state index in [-0.39, 0.29) is 24.0 Å². The van der Waals surface area contributed by atoms with Gasteiger partial charge in [-0.15, -0.1) is 0 Å². The van der Waals surface area contributed by atoms with E-state index < -0.39 is 5.91 Å². The number of rotatable bonds is 6. The zero-order valence-corrected chi connectivity index (χ0v) is 16.2. The third-order valence-electron chi connectivity index (χ3n) is 4.16. The van der Waals surface area contributed by atoms with Crippen molar-refractivity contribution in [3.8, 4) is 5.75 Å². The molecule has 146 valence electrons. The van der Waals surface area contributed by atoms with Crippen LogP contribution in [-0.2, 0) is 13.8 Å². The molecule has 0 fully saturated rings. The molecule has 0 atom stereocenters. The summed E-state index contributed by atoms with van der Waals surface area (Å²) in [6, 6.07) is 10.9. The van der Waals surface area contributed by atoms with E-state index in [1.807, 2.05) is 30.3 Å². The number of anilines is 1. The zero-order chi connectivity index (χ0) is 20.3. The highest BCUT2D eigenvalue weighted by Gasteiger charge is 2.23. The van der Waals surface area contributed by atoms with E-state index in [1.54, 1.807) is 45.0 Å². The number of amides is 2. The van der Waals surface area contributed by atoms with Crippen LogP contribution in [0, 0.1) is 6.92 Å². The Bertz CT molecular complexity index is 991. The lowest BCUT2D eigenvalue weighted by molar-refractivity contribution is 0.0822. The number of nitrogens with zero attached hydrogens (tertiary/aromatic N) is 5. The largest absolute Gasteiger partial charge is 0.471 e. The van der Waals surface area contributed by atoms with Gasteiger partial charge < -0.3 is 15.0 Å². The molecule has 0 aliphatic carbocycles. The highest BCUT2D eigenvalue weighted by atomic mass is 16.5. The van der Waals surface area contributed by atoms with Crippen molar-refractivity contribution < 1.29 is 14.3 Å². The first-order valence-corrected chi connectivity index (χ1v) is 8.64. The first kappa shape index (κ1) is 19.2. The second-order valence-electron chi connectivity index (χ2n) is 6.41. The summed E-state index contributed by atoms with van der Waals surface area (Å²) in [5.41, 5.74) is 1.44. The molecule has 9 heteroatoms. The minimum atomic E-state index is -0.428. The van der Waals surface area contributed by atoms with Crippen molar-refractivity contribution in [3.63, 3.8) is 0 Å². The molecule has 3 aromatic rings. The standard InChI is InChI=1S/C19H22N6O3/c1-13-16(17(22-24(13)4)19(27)23(2)3)20-18(26)15-10-11-25(21-15)12-28-14-8-6-5-7-9-14/h5-11H,12H2,1-4H3,(H,20,26). The van der Waals surface area contributed by atoms with Gasteiger partial charge in [0.05, 0.1) is 11.4 Å². The smallest absolute Gasteiger partial charge is 0.276 e. The number of aromatic nitrogens is 4. The van der Waals surface area contributed by atoms with Gasteiger partial charge in [-0.25, -0.2) is 4.68 Å². The minimum absolute atomic E-state index is 0.174. The molecule has 0 unspecified atom stereocenters. The number of carbonyl (C=O) groups excluding carboxylic acids is 2. The van der Waals surface area contributed by atoms with Gasteiger partial charge >= 0.3 is 0 Å². The van der Waals surface area contributed by atoms with E-state index in [9.17, 15) is 9.59 Å². The molecule has 0 saturated heterocycles. The average molecular weight is 382 g/mol. The molecule has 0 aliphatic rings. The second-order valence-corrected chi connectivity index (χ2v) is 6.41. The van der Waals surface area contributed by atoms with Crippen molar-refractivity contribution in [2.24, 2.45) is 7.05 Å². The van der Waals surface area contributed by atoms with Gasteiger partial charge in [0.1, 0.15) is 5.75 Å². The van der Waals surface area contributed by atoms with Gasteiger partial charge in [0.2, 0.25) is 0 Å². The molecule has 9 nitrogen and oxygen atoms in total. The molecule has 0 radical (unpaired) electrons. The highest BCUT2D eigenvalue weighted by molar-refractivity contribution is 6.07. The van der Waals surface area contributed by atoms with Crippen LogP contribution in [0.25, 0.3) is 0 Å². The lowest BCUT2D eigenvalue weighted by Crippen LogP contribution is -2.24. The molecule has 2 heterocycles. The van der Waals surface area contributed by atoms with E-state index in [0.29, 0.717) is 17.1 Å². The number of aryl methyl sites for hydroxylation is 1. The van der Waals surface area contributed by atoms with E-state index in [2.05, 4.69) is 15.5 Å². The van der Waals surface area contributed by atoms with Gasteiger partial charge in [-0.1, -0.05) is 18.2 Å². The van der Waals surface area contributed by atoms with Crippen molar-refractivity contribution in [2.45, 2.75) is 13.7 Å². The molecular weight excluding hydrogens is 360 g/mol. The summed E-state index contributed by atoms with van der Waals surface area (Å²) in [5.74, 6) is -0.00927.